The van der Waals surface area contributed by atoms with Crippen LogP contribution in [0.2, 0.25) is 0 Å². The molecule has 1 aliphatic rings. The maximum Gasteiger partial charge on any atom is 0.411 e. The molecule has 1 fully saturated rings. The van der Waals surface area contributed by atoms with E-state index in [1.807, 2.05) is 0 Å². The van der Waals surface area contributed by atoms with Gasteiger partial charge in [0, 0.05) is 13.0 Å². The van der Waals surface area contributed by atoms with Crippen LogP contribution >= 0.6 is 0 Å². The topological polar surface area (TPSA) is 94.2 Å². The van der Waals surface area contributed by atoms with Gasteiger partial charge in [-0.15, -0.1) is 0 Å². The number of likely N-dealkylation sites (tertiary alicyclic amines) is 1. The van der Waals surface area contributed by atoms with E-state index in [0.717, 1.165) is 12.8 Å². The molecule has 0 bridgehead atoms. The van der Waals surface area contributed by atoms with Crippen LogP contribution in [0, 0.1) is 0 Å². The van der Waals surface area contributed by atoms with Gasteiger partial charge in [0.1, 0.15) is 17.7 Å². The van der Waals surface area contributed by atoms with Gasteiger partial charge in [-0.2, -0.15) is 0 Å². The predicted octanol–water partition coefficient (Wildman–Crippen LogP) is 1.86. The molecule has 0 aromatic heterocycles. The number of nitrogens with one attached hydrogen (secondary N) is 1. The van der Waals surface area contributed by atoms with Crippen molar-refractivity contribution in [1.29, 1.82) is 0 Å². The fraction of sp³-hybridized carbons (Fsp3) is 0.833. The Labute approximate surface area is 155 Å². The smallest absolute Gasteiger partial charge is 0.411 e. The largest absolute Gasteiger partial charge is 0.467 e. The van der Waals surface area contributed by atoms with E-state index in [1.54, 1.807) is 20.8 Å². The summed E-state index contributed by atoms with van der Waals surface area (Å²) in [6.45, 7) is 9.76. The molecule has 0 aromatic carbocycles. The lowest BCUT2D eigenvalue weighted by Crippen LogP contribution is -2.51. The van der Waals surface area contributed by atoms with Crippen LogP contribution in [0.5, 0.6) is 0 Å². The third kappa shape index (κ3) is 6.82. The Morgan fingerprint density at radius 2 is 1.92 bits per heavy atom. The van der Waals surface area contributed by atoms with E-state index in [-0.39, 0.29) is 12.6 Å². The van der Waals surface area contributed by atoms with Crippen molar-refractivity contribution in [2.24, 2.45) is 0 Å². The van der Waals surface area contributed by atoms with Gasteiger partial charge in [-0.1, -0.05) is 13.3 Å². The second-order valence-corrected chi connectivity index (χ2v) is 7.48. The van der Waals surface area contributed by atoms with E-state index in [4.69, 9.17) is 9.47 Å². The van der Waals surface area contributed by atoms with Crippen LogP contribution < -0.4 is 5.32 Å². The van der Waals surface area contributed by atoms with E-state index >= 15 is 0 Å². The zero-order chi connectivity index (χ0) is 19.9. The number of ether oxygens (including phenoxy) is 3. The first-order valence-corrected chi connectivity index (χ1v) is 9.08. The number of carbonyl (C=O) groups excluding carboxylic acids is 3. The van der Waals surface area contributed by atoms with E-state index in [0.29, 0.717) is 13.0 Å². The Morgan fingerprint density at radius 1 is 1.27 bits per heavy atom. The normalized spacial score (nSPS) is 21.2. The summed E-state index contributed by atoms with van der Waals surface area (Å²) in [4.78, 5) is 38.0. The minimum atomic E-state index is -0.798. The summed E-state index contributed by atoms with van der Waals surface area (Å²) in [6.07, 6.45) is 1.48. The van der Waals surface area contributed by atoms with E-state index in [9.17, 15) is 14.4 Å². The van der Waals surface area contributed by atoms with Crippen molar-refractivity contribution in [2.75, 3.05) is 20.3 Å². The van der Waals surface area contributed by atoms with Crippen molar-refractivity contribution >= 4 is 18.0 Å². The van der Waals surface area contributed by atoms with Gasteiger partial charge in [0.2, 0.25) is 5.91 Å². The maximum atomic E-state index is 12.6. The standard InChI is InChI=1S/C18H32N2O6/c1-7-8-9-25-13-10-14(15(21)19-12(2)16(22)24-6)20(11-13)17(23)26-18(3,4)5/h12-14H,7-11H2,1-6H3,(H,19,21)/t12-,13-,14?/m1/s1. The number of methoxy groups -OCH3 is 1. The number of hydrogen-bond acceptors (Lipinski definition) is 6. The number of rotatable bonds is 7. The number of unbranched alkanes of at least 4 members (excludes halogenated alkanes) is 1. The van der Waals surface area contributed by atoms with Gasteiger partial charge in [-0.05, 0) is 34.1 Å². The van der Waals surface area contributed by atoms with Crippen LogP contribution in [-0.2, 0) is 23.8 Å². The molecule has 0 saturated carbocycles. The first-order chi connectivity index (χ1) is 12.1. The Morgan fingerprint density at radius 3 is 2.46 bits per heavy atom. The molecular formula is C18H32N2O6. The number of nitrogens with zero attached hydrogens (tertiary/aromatic N) is 1. The van der Waals surface area contributed by atoms with E-state index in [1.165, 1.54) is 18.9 Å². The molecule has 2 amide bonds. The summed E-state index contributed by atoms with van der Waals surface area (Å²) < 4.78 is 15.8. The third-order valence-electron chi connectivity index (χ3n) is 3.96. The average molecular weight is 372 g/mol. The number of amides is 2. The van der Waals surface area contributed by atoms with Gasteiger partial charge in [0.05, 0.1) is 19.8 Å². The average Bonchev–Trinajstić information content (AvgIpc) is 2.97. The van der Waals surface area contributed by atoms with Crippen LogP contribution in [-0.4, -0.2) is 66.9 Å². The molecular weight excluding hydrogens is 340 g/mol. The van der Waals surface area contributed by atoms with Gasteiger partial charge in [0.15, 0.2) is 0 Å². The fourth-order valence-electron chi connectivity index (χ4n) is 2.63. The van der Waals surface area contributed by atoms with Crippen LogP contribution in [0.15, 0.2) is 0 Å². The van der Waals surface area contributed by atoms with Crippen molar-refractivity contribution in [1.82, 2.24) is 10.2 Å². The first-order valence-electron chi connectivity index (χ1n) is 9.08. The Balaban J connectivity index is 2.82. The lowest BCUT2D eigenvalue weighted by Gasteiger charge is -2.28. The monoisotopic (exact) mass is 372 g/mol. The molecule has 8 heteroatoms. The molecule has 0 spiro atoms. The molecule has 0 aromatic rings. The maximum absolute atomic E-state index is 12.6. The first kappa shape index (κ1) is 22.2. The number of hydrogen-bond donors (Lipinski definition) is 1. The highest BCUT2D eigenvalue weighted by Crippen LogP contribution is 2.24. The summed E-state index contributed by atoms with van der Waals surface area (Å²) >= 11 is 0. The van der Waals surface area contributed by atoms with Gasteiger partial charge in [-0.3, -0.25) is 9.69 Å². The summed E-state index contributed by atoms with van der Waals surface area (Å²) in [5.74, 6) is -0.966. The quantitative estimate of drug-likeness (QED) is 0.541. The molecule has 0 radical (unpaired) electrons. The molecule has 1 rings (SSSR count). The highest BCUT2D eigenvalue weighted by Gasteiger charge is 2.42. The van der Waals surface area contributed by atoms with Crippen molar-refractivity contribution in [3.05, 3.63) is 0 Å². The second-order valence-electron chi connectivity index (χ2n) is 7.48. The molecule has 0 aliphatic carbocycles. The molecule has 1 heterocycles. The van der Waals surface area contributed by atoms with Crippen molar-refractivity contribution in [3.63, 3.8) is 0 Å². The molecule has 1 saturated heterocycles. The van der Waals surface area contributed by atoms with Crippen LogP contribution in [0.25, 0.3) is 0 Å². The van der Waals surface area contributed by atoms with Crippen LogP contribution in [0.4, 0.5) is 4.79 Å². The van der Waals surface area contributed by atoms with E-state index < -0.39 is 35.7 Å². The highest BCUT2D eigenvalue weighted by atomic mass is 16.6. The summed E-state index contributed by atoms with van der Waals surface area (Å²) in [5, 5.41) is 2.59. The summed E-state index contributed by atoms with van der Waals surface area (Å²) in [7, 11) is 1.26. The second kappa shape index (κ2) is 9.75. The minimum absolute atomic E-state index is 0.238. The lowest BCUT2D eigenvalue weighted by atomic mass is 10.1. The zero-order valence-electron chi connectivity index (χ0n) is 16.7. The van der Waals surface area contributed by atoms with Crippen LogP contribution in [0.1, 0.15) is 53.9 Å². The molecule has 3 atom stereocenters. The number of esters is 1. The highest BCUT2D eigenvalue weighted by molar-refractivity contribution is 5.90. The molecule has 150 valence electrons. The Kier molecular flexibility index (Phi) is 8.33. The minimum Gasteiger partial charge on any atom is -0.467 e. The zero-order valence-corrected chi connectivity index (χ0v) is 16.7. The van der Waals surface area contributed by atoms with Gasteiger partial charge in [-0.25, -0.2) is 9.59 Å². The van der Waals surface area contributed by atoms with Crippen molar-refractivity contribution in [2.45, 2.75) is 77.7 Å². The Hall–Kier alpha value is -1.83. The predicted molar refractivity (Wildman–Crippen MR) is 95.6 cm³/mol. The fourth-order valence-corrected chi connectivity index (χ4v) is 2.63. The molecule has 1 unspecified atom stereocenters. The van der Waals surface area contributed by atoms with E-state index in [2.05, 4.69) is 17.0 Å². The van der Waals surface area contributed by atoms with Gasteiger partial charge >= 0.3 is 12.1 Å². The molecule has 26 heavy (non-hydrogen) atoms. The lowest BCUT2D eigenvalue weighted by molar-refractivity contribution is -0.145. The Bertz CT molecular complexity index is 502. The summed E-state index contributed by atoms with van der Waals surface area (Å²) in [5.41, 5.74) is -0.668. The summed E-state index contributed by atoms with van der Waals surface area (Å²) in [6, 6.07) is -1.54. The van der Waals surface area contributed by atoms with Crippen molar-refractivity contribution < 1.29 is 28.6 Å². The molecule has 8 nitrogen and oxygen atoms in total. The van der Waals surface area contributed by atoms with Crippen LogP contribution in [0.3, 0.4) is 0 Å². The molecule has 1 aliphatic heterocycles. The molecule has 1 N–H and O–H groups in total. The number of carbonyl (C=O) groups is 3. The van der Waals surface area contributed by atoms with Crippen molar-refractivity contribution in [3.8, 4) is 0 Å². The van der Waals surface area contributed by atoms with Gasteiger partial charge in [0.25, 0.3) is 0 Å². The SMILES string of the molecule is CCCCO[C@@H]1CC(C(=O)N[C@H](C)C(=O)OC)N(C(=O)OC(C)(C)C)C1. The van der Waals surface area contributed by atoms with Gasteiger partial charge < -0.3 is 19.5 Å². The third-order valence-corrected chi connectivity index (χ3v) is 3.96.